The molecule has 0 bridgehead atoms. The van der Waals surface area contributed by atoms with Crippen LogP contribution in [0.1, 0.15) is 40.5 Å². The van der Waals surface area contributed by atoms with Crippen LogP contribution in [0.2, 0.25) is 0 Å². The molecule has 0 spiro atoms. The lowest BCUT2D eigenvalue weighted by molar-refractivity contribution is -0.517. The van der Waals surface area contributed by atoms with Gasteiger partial charge in [-0.2, -0.15) is 4.89 Å². The first kappa shape index (κ1) is 17.9. The smallest absolute Gasteiger partial charge is 0.430 e. The van der Waals surface area contributed by atoms with Crippen molar-refractivity contribution in [3.05, 3.63) is 12.2 Å². The van der Waals surface area contributed by atoms with Crippen LogP contribution in [0.25, 0.3) is 0 Å². The van der Waals surface area contributed by atoms with Crippen LogP contribution in [0.5, 0.6) is 0 Å². The summed E-state index contributed by atoms with van der Waals surface area (Å²) in [5, 5.41) is 4.38. The standard InChI is InChI=1S/C13H24O6/c1-6-7-13(4,5)18-19-17-12(14)16-9-8-15-10-11(2)3/h2,6-10H2,1,3-5H3. The van der Waals surface area contributed by atoms with Crippen molar-refractivity contribution in [3.63, 3.8) is 0 Å². The van der Waals surface area contributed by atoms with Crippen LogP contribution in [0.15, 0.2) is 12.2 Å². The highest BCUT2D eigenvalue weighted by Gasteiger charge is 2.20. The number of carbonyl (C=O) groups excluding carboxylic acids is 1. The number of carbonyl (C=O) groups is 1. The van der Waals surface area contributed by atoms with Crippen molar-refractivity contribution in [2.24, 2.45) is 0 Å². The van der Waals surface area contributed by atoms with Gasteiger partial charge < -0.3 is 9.47 Å². The summed E-state index contributed by atoms with van der Waals surface area (Å²) in [4.78, 5) is 20.3. The third kappa shape index (κ3) is 11.7. The van der Waals surface area contributed by atoms with Gasteiger partial charge in [0.15, 0.2) is 0 Å². The third-order valence-electron chi connectivity index (χ3n) is 2.01. The van der Waals surface area contributed by atoms with Gasteiger partial charge in [0.1, 0.15) is 12.2 Å². The van der Waals surface area contributed by atoms with E-state index in [0.29, 0.717) is 6.61 Å². The lowest BCUT2D eigenvalue weighted by Gasteiger charge is -2.20. The predicted molar refractivity (Wildman–Crippen MR) is 69.2 cm³/mol. The average molecular weight is 276 g/mol. The van der Waals surface area contributed by atoms with E-state index in [1.54, 1.807) is 0 Å². The van der Waals surface area contributed by atoms with Gasteiger partial charge in [-0.05, 0) is 32.2 Å². The molecule has 0 aromatic rings. The van der Waals surface area contributed by atoms with Crippen molar-refractivity contribution in [3.8, 4) is 0 Å². The Labute approximate surface area is 114 Å². The molecule has 0 unspecified atom stereocenters. The topological polar surface area (TPSA) is 63.2 Å². The largest absolute Gasteiger partial charge is 0.542 e. The van der Waals surface area contributed by atoms with E-state index in [1.807, 2.05) is 27.7 Å². The molecule has 0 aromatic heterocycles. The van der Waals surface area contributed by atoms with E-state index in [1.165, 1.54) is 0 Å². The fraction of sp³-hybridized carbons (Fsp3) is 0.769. The second-order valence-electron chi connectivity index (χ2n) is 4.85. The van der Waals surface area contributed by atoms with E-state index >= 15 is 0 Å². The first-order valence-electron chi connectivity index (χ1n) is 6.28. The minimum atomic E-state index is -0.966. The molecule has 0 aliphatic rings. The van der Waals surface area contributed by atoms with Crippen molar-refractivity contribution in [2.45, 2.75) is 46.1 Å². The predicted octanol–water partition coefficient (Wildman–Crippen LogP) is 3.17. The Morgan fingerprint density at radius 3 is 2.53 bits per heavy atom. The van der Waals surface area contributed by atoms with Crippen molar-refractivity contribution in [2.75, 3.05) is 19.8 Å². The molecule has 0 rings (SSSR count). The van der Waals surface area contributed by atoms with Crippen molar-refractivity contribution in [1.82, 2.24) is 0 Å². The van der Waals surface area contributed by atoms with E-state index in [4.69, 9.17) is 9.62 Å². The summed E-state index contributed by atoms with van der Waals surface area (Å²) in [6.45, 7) is 12.0. The van der Waals surface area contributed by atoms with E-state index in [9.17, 15) is 4.79 Å². The van der Waals surface area contributed by atoms with Gasteiger partial charge in [-0.3, -0.25) is 0 Å². The molecule has 0 N–H and O–H groups in total. The quantitative estimate of drug-likeness (QED) is 0.201. The van der Waals surface area contributed by atoms with Crippen LogP contribution >= 0.6 is 0 Å². The highest BCUT2D eigenvalue weighted by molar-refractivity contribution is 5.58. The van der Waals surface area contributed by atoms with Gasteiger partial charge in [-0.1, -0.05) is 25.5 Å². The van der Waals surface area contributed by atoms with E-state index < -0.39 is 11.8 Å². The average Bonchev–Trinajstić information content (AvgIpc) is 2.27. The Hall–Kier alpha value is -1.11. The summed E-state index contributed by atoms with van der Waals surface area (Å²) in [6.07, 6.45) is 0.743. The number of hydrogen-bond acceptors (Lipinski definition) is 6. The van der Waals surface area contributed by atoms with Crippen LogP contribution < -0.4 is 0 Å². The first-order valence-corrected chi connectivity index (χ1v) is 6.28. The second-order valence-corrected chi connectivity index (χ2v) is 4.85. The molecule has 0 amide bonds. The van der Waals surface area contributed by atoms with Crippen molar-refractivity contribution in [1.29, 1.82) is 0 Å². The SMILES string of the molecule is C=C(C)COCCOC(=O)OOOC(C)(C)CCC. The maximum atomic E-state index is 11.1. The van der Waals surface area contributed by atoms with Gasteiger partial charge in [-0.25, -0.2) is 9.68 Å². The zero-order valence-electron chi connectivity index (χ0n) is 12.2. The molecule has 0 saturated carbocycles. The maximum Gasteiger partial charge on any atom is 0.542 e. The summed E-state index contributed by atoms with van der Waals surface area (Å²) in [6, 6.07) is 0. The number of ether oxygens (including phenoxy) is 2. The lowest BCUT2D eigenvalue weighted by atomic mass is 10.0. The highest BCUT2D eigenvalue weighted by atomic mass is 17.5. The van der Waals surface area contributed by atoms with Crippen LogP contribution in [-0.4, -0.2) is 31.6 Å². The normalized spacial score (nSPS) is 11.2. The minimum Gasteiger partial charge on any atom is -0.430 e. The van der Waals surface area contributed by atoms with Crippen molar-refractivity contribution < 1.29 is 29.1 Å². The molecule has 0 heterocycles. The summed E-state index contributed by atoms with van der Waals surface area (Å²) >= 11 is 0. The minimum absolute atomic E-state index is 0.0772. The molecule has 0 radical (unpaired) electrons. The molecule has 0 saturated heterocycles. The summed E-state index contributed by atoms with van der Waals surface area (Å²) < 4.78 is 9.81. The third-order valence-corrected chi connectivity index (χ3v) is 2.01. The van der Waals surface area contributed by atoms with Gasteiger partial charge in [-0.15, -0.1) is 0 Å². The number of rotatable bonds is 10. The van der Waals surface area contributed by atoms with Crippen molar-refractivity contribution >= 4 is 6.16 Å². The fourth-order valence-electron chi connectivity index (χ4n) is 1.23. The molecular weight excluding hydrogens is 252 g/mol. The Morgan fingerprint density at radius 1 is 1.26 bits per heavy atom. The van der Waals surface area contributed by atoms with Gasteiger partial charge in [0.05, 0.1) is 13.2 Å². The molecule has 0 fully saturated rings. The van der Waals surface area contributed by atoms with E-state index in [2.05, 4.69) is 21.2 Å². The highest BCUT2D eigenvalue weighted by Crippen LogP contribution is 2.16. The van der Waals surface area contributed by atoms with Crippen LogP contribution in [0.3, 0.4) is 0 Å². The maximum absolute atomic E-state index is 11.1. The fourth-order valence-corrected chi connectivity index (χ4v) is 1.23. The molecule has 6 heteroatoms. The number of hydrogen-bond donors (Lipinski definition) is 0. The molecule has 0 aliphatic carbocycles. The molecule has 112 valence electrons. The molecule has 0 aromatic carbocycles. The Morgan fingerprint density at radius 2 is 1.95 bits per heavy atom. The van der Waals surface area contributed by atoms with Gasteiger partial charge >= 0.3 is 6.16 Å². The van der Waals surface area contributed by atoms with Crippen LogP contribution in [-0.2, 0) is 24.3 Å². The molecular formula is C13H24O6. The molecule has 6 nitrogen and oxygen atoms in total. The van der Waals surface area contributed by atoms with Crippen LogP contribution in [0.4, 0.5) is 4.79 Å². The lowest BCUT2D eigenvalue weighted by Crippen LogP contribution is -2.25. The zero-order chi connectivity index (χ0) is 14.7. The van der Waals surface area contributed by atoms with E-state index in [0.717, 1.165) is 18.4 Å². The first-order chi connectivity index (χ1) is 8.87. The summed E-state index contributed by atoms with van der Waals surface area (Å²) in [5.41, 5.74) is 0.386. The Balaban J connectivity index is 3.52. The van der Waals surface area contributed by atoms with Gasteiger partial charge in [0.25, 0.3) is 0 Å². The Bertz CT molecular complexity index is 274. The van der Waals surface area contributed by atoms with Gasteiger partial charge in [0, 0.05) is 0 Å². The van der Waals surface area contributed by atoms with Crippen LogP contribution in [0, 0.1) is 0 Å². The molecule has 19 heavy (non-hydrogen) atoms. The van der Waals surface area contributed by atoms with Gasteiger partial charge in [0.2, 0.25) is 0 Å². The zero-order valence-corrected chi connectivity index (χ0v) is 12.2. The Kier molecular flexibility index (Phi) is 9.20. The summed E-state index contributed by atoms with van der Waals surface area (Å²) in [7, 11) is 0. The molecule has 0 aliphatic heterocycles. The summed E-state index contributed by atoms with van der Waals surface area (Å²) in [5.74, 6) is 0. The van der Waals surface area contributed by atoms with E-state index in [-0.39, 0.29) is 13.2 Å². The monoisotopic (exact) mass is 276 g/mol. The molecule has 0 atom stereocenters. The second kappa shape index (κ2) is 9.77.